The van der Waals surface area contributed by atoms with Gasteiger partial charge in [-0.2, -0.15) is 13.2 Å². The summed E-state index contributed by atoms with van der Waals surface area (Å²) in [5.41, 5.74) is 1.18. The molecule has 0 radical (unpaired) electrons. The predicted molar refractivity (Wildman–Crippen MR) is 138 cm³/mol. The van der Waals surface area contributed by atoms with Gasteiger partial charge in [-0.3, -0.25) is 14.4 Å². The molecule has 2 N–H and O–H groups in total. The van der Waals surface area contributed by atoms with E-state index in [1.807, 2.05) is 19.1 Å². The number of anilines is 3. The van der Waals surface area contributed by atoms with Crippen LogP contribution in [0, 0.1) is 6.92 Å². The first-order valence-corrected chi connectivity index (χ1v) is 12.0. The summed E-state index contributed by atoms with van der Waals surface area (Å²) in [6.45, 7) is 1.88. The van der Waals surface area contributed by atoms with Crippen molar-refractivity contribution in [3.05, 3.63) is 98.6 Å². The molecule has 3 aromatic carbocycles. The second-order valence-electron chi connectivity index (χ2n) is 8.19. The molecule has 3 amide bonds. The molecule has 6 nitrogen and oxygen atoms in total. The van der Waals surface area contributed by atoms with Gasteiger partial charge in [0.15, 0.2) is 0 Å². The Morgan fingerprint density at radius 2 is 1.70 bits per heavy atom. The van der Waals surface area contributed by atoms with Gasteiger partial charge in [0.2, 0.25) is 5.91 Å². The lowest BCUT2D eigenvalue weighted by Gasteiger charge is -2.17. The average Bonchev–Trinajstić information content (AvgIpc) is 3.04. The molecule has 0 spiro atoms. The summed E-state index contributed by atoms with van der Waals surface area (Å²) in [5.74, 6) is -2.04. The summed E-state index contributed by atoms with van der Waals surface area (Å²) < 4.78 is 40.1. The Kier molecular flexibility index (Phi) is 7.42. The summed E-state index contributed by atoms with van der Waals surface area (Å²) in [7, 11) is 0. The van der Waals surface area contributed by atoms with Gasteiger partial charge in [0, 0.05) is 15.8 Å². The molecule has 0 atom stereocenters. The van der Waals surface area contributed by atoms with Gasteiger partial charge in [0.1, 0.15) is 10.7 Å². The van der Waals surface area contributed by atoms with Crippen molar-refractivity contribution in [2.45, 2.75) is 19.5 Å². The average molecular weight is 593 g/mol. The number of amides is 3. The first kappa shape index (κ1) is 26.4. The number of carbonyl (C=O) groups excluding carboxylic acids is 3. The molecule has 0 saturated heterocycles. The molecular weight excluding hydrogens is 575 g/mol. The molecule has 1 aliphatic heterocycles. The van der Waals surface area contributed by atoms with Gasteiger partial charge >= 0.3 is 6.18 Å². The lowest BCUT2D eigenvalue weighted by atomic mass is 10.1. The number of alkyl halides is 3. The van der Waals surface area contributed by atoms with Crippen molar-refractivity contribution in [1.29, 1.82) is 0 Å². The number of hydrogen-bond acceptors (Lipinski definition) is 4. The van der Waals surface area contributed by atoms with Crippen molar-refractivity contribution >= 4 is 62.3 Å². The van der Waals surface area contributed by atoms with E-state index in [-0.39, 0.29) is 23.7 Å². The van der Waals surface area contributed by atoms with Crippen molar-refractivity contribution in [2.24, 2.45) is 0 Å². The maximum Gasteiger partial charge on any atom is 0.416 e. The Morgan fingerprint density at radius 3 is 2.35 bits per heavy atom. The SMILES string of the molecule is Cc1cc(Br)ccc1NC(=O)Cc1ccc(NC2=C(Cl)C(=O)N(c3cccc(C(F)(F)F)c3)C2=O)cc1. The number of nitrogens with one attached hydrogen (secondary N) is 2. The molecule has 37 heavy (non-hydrogen) atoms. The first-order valence-electron chi connectivity index (χ1n) is 10.8. The van der Waals surface area contributed by atoms with Crippen LogP contribution in [0.5, 0.6) is 0 Å². The van der Waals surface area contributed by atoms with Gasteiger partial charge in [-0.05, 0) is 66.6 Å². The van der Waals surface area contributed by atoms with Crippen LogP contribution in [-0.4, -0.2) is 17.7 Å². The molecule has 4 rings (SSSR count). The Bertz CT molecular complexity index is 1440. The quantitative estimate of drug-likeness (QED) is 0.325. The van der Waals surface area contributed by atoms with Crippen LogP contribution in [0.3, 0.4) is 0 Å². The number of benzene rings is 3. The number of rotatable bonds is 6. The summed E-state index contributed by atoms with van der Waals surface area (Å²) >= 11 is 9.45. The number of nitrogens with zero attached hydrogens (tertiary/aromatic N) is 1. The van der Waals surface area contributed by atoms with Gasteiger partial charge in [0.05, 0.1) is 17.7 Å². The van der Waals surface area contributed by atoms with Crippen LogP contribution in [0.15, 0.2) is 81.9 Å². The summed E-state index contributed by atoms with van der Waals surface area (Å²) in [4.78, 5) is 38.5. The molecule has 1 heterocycles. The monoisotopic (exact) mass is 591 g/mol. The minimum absolute atomic E-state index is 0.0972. The Labute approximate surface area is 223 Å². The maximum absolute atomic E-state index is 13.1. The van der Waals surface area contributed by atoms with E-state index in [4.69, 9.17) is 11.6 Å². The van der Waals surface area contributed by atoms with Crippen LogP contribution in [0.1, 0.15) is 16.7 Å². The smallest absolute Gasteiger partial charge is 0.350 e. The number of carbonyl (C=O) groups is 3. The van der Waals surface area contributed by atoms with Crippen LogP contribution >= 0.6 is 27.5 Å². The lowest BCUT2D eigenvalue weighted by Crippen LogP contribution is -2.32. The van der Waals surface area contributed by atoms with Gasteiger partial charge in [-0.1, -0.05) is 45.7 Å². The second-order valence-corrected chi connectivity index (χ2v) is 9.48. The lowest BCUT2D eigenvalue weighted by molar-refractivity contribution is -0.137. The molecule has 190 valence electrons. The van der Waals surface area contributed by atoms with Crippen LogP contribution in [0.2, 0.25) is 0 Å². The van der Waals surface area contributed by atoms with Gasteiger partial charge in [-0.15, -0.1) is 0 Å². The van der Waals surface area contributed by atoms with E-state index in [2.05, 4.69) is 26.6 Å². The van der Waals surface area contributed by atoms with E-state index >= 15 is 0 Å². The largest absolute Gasteiger partial charge is 0.416 e. The third kappa shape index (κ3) is 5.86. The minimum atomic E-state index is -4.64. The van der Waals surface area contributed by atoms with E-state index in [0.717, 1.165) is 22.2 Å². The molecule has 0 fully saturated rings. The van der Waals surface area contributed by atoms with E-state index in [9.17, 15) is 27.6 Å². The second kappa shape index (κ2) is 10.4. The zero-order valence-corrected chi connectivity index (χ0v) is 21.5. The number of imide groups is 1. The van der Waals surface area contributed by atoms with Crippen molar-refractivity contribution < 1.29 is 27.6 Å². The number of aryl methyl sites for hydroxylation is 1. The third-order valence-electron chi connectivity index (χ3n) is 5.51. The number of hydrogen-bond donors (Lipinski definition) is 2. The standard InChI is InChI=1S/C26H18BrClF3N3O3/c1-14-11-17(27)7-10-20(14)33-21(35)12-15-5-8-18(9-6-15)32-23-22(28)24(36)34(25(23)37)19-4-2-3-16(13-19)26(29,30)31/h2-11,13,32H,12H2,1H3,(H,33,35). The van der Waals surface area contributed by atoms with Crippen molar-refractivity contribution in [3.8, 4) is 0 Å². The van der Waals surface area contributed by atoms with Gasteiger partial charge in [0.25, 0.3) is 11.8 Å². The molecule has 11 heteroatoms. The summed E-state index contributed by atoms with van der Waals surface area (Å²) in [6.07, 6.45) is -4.55. The van der Waals surface area contributed by atoms with Gasteiger partial charge < -0.3 is 10.6 Å². The number of halogens is 5. The summed E-state index contributed by atoms with van der Waals surface area (Å²) in [5, 5.41) is 5.16. The normalized spacial score (nSPS) is 13.8. The van der Waals surface area contributed by atoms with E-state index < -0.39 is 28.6 Å². The molecular formula is C26H18BrClF3N3O3. The predicted octanol–water partition coefficient (Wildman–Crippen LogP) is 6.39. The molecule has 0 aliphatic carbocycles. The molecule has 0 bridgehead atoms. The highest BCUT2D eigenvalue weighted by atomic mass is 79.9. The van der Waals surface area contributed by atoms with Crippen LogP contribution < -0.4 is 15.5 Å². The fourth-order valence-corrected chi connectivity index (χ4v) is 4.35. The van der Waals surface area contributed by atoms with Crippen LogP contribution in [-0.2, 0) is 27.0 Å². The van der Waals surface area contributed by atoms with Crippen LogP contribution in [0.25, 0.3) is 0 Å². The fourth-order valence-electron chi connectivity index (χ4n) is 3.66. The Morgan fingerprint density at radius 1 is 1.00 bits per heavy atom. The Balaban J connectivity index is 1.44. The van der Waals surface area contributed by atoms with Crippen molar-refractivity contribution in [2.75, 3.05) is 15.5 Å². The minimum Gasteiger partial charge on any atom is -0.350 e. The highest BCUT2D eigenvalue weighted by molar-refractivity contribution is 9.10. The van der Waals surface area contributed by atoms with Gasteiger partial charge in [-0.25, -0.2) is 4.90 Å². The Hall–Kier alpha value is -3.63. The highest BCUT2D eigenvalue weighted by Gasteiger charge is 2.40. The third-order valence-corrected chi connectivity index (χ3v) is 6.35. The summed E-state index contributed by atoms with van der Waals surface area (Å²) in [6, 6.07) is 15.9. The van der Waals surface area contributed by atoms with Crippen molar-refractivity contribution in [3.63, 3.8) is 0 Å². The van der Waals surface area contributed by atoms with E-state index in [1.54, 1.807) is 30.3 Å². The molecule has 0 aromatic heterocycles. The molecule has 0 unspecified atom stereocenters. The van der Waals surface area contributed by atoms with E-state index in [0.29, 0.717) is 27.9 Å². The molecule has 0 saturated carbocycles. The zero-order chi connectivity index (χ0) is 26.9. The highest BCUT2D eigenvalue weighted by Crippen LogP contribution is 2.35. The first-order chi connectivity index (χ1) is 17.4. The fraction of sp³-hybridized carbons (Fsp3) is 0.115. The van der Waals surface area contributed by atoms with Crippen LogP contribution in [0.4, 0.5) is 30.2 Å². The maximum atomic E-state index is 13.1. The van der Waals surface area contributed by atoms with Crippen molar-refractivity contribution in [1.82, 2.24) is 0 Å². The zero-order valence-electron chi connectivity index (χ0n) is 19.1. The molecule has 1 aliphatic rings. The molecule has 3 aromatic rings. The topological polar surface area (TPSA) is 78.5 Å². The van der Waals surface area contributed by atoms with E-state index in [1.165, 1.54) is 6.07 Å².